The molecule has 1 aromatic heterocycles. The van der Waals surface area contributed by atoms with Crippen molar-refractivity contribution in [3.8, 4) is 0 Å². The van der Waals surface area contributed by atoms with Gasteiger partial charge in [-0.05, 0) is 0 Å². The van der Waals surface area contributed by atoms with E-state index in [1.54, 1.807) is 7.05 Å². The molecule has 0 bridgehead atoms. The van der Waals surface area contributed by atoms with Crippen LogP contribution in [0.25, 0.3) is 0 Å². The van der Waals surface area contributed by atoms with Gasteiger partial charge in [-0.1, -0.05) is 0 Å². The van der Waals surface area contributed by atoms with Crippen molar-refractivity contribution in [3.05, 3.63) is 34.2 Å². The molecule has 0 radical (unpaired) electrons. The van der Waals surface area contributed by atoms with Crippen molar-refractivity contribution in [2.45, 2.75) is 0 Å². The topological polar surface area (TPSA) is 48.3 Å². The van der Waals surface area contributed by atoms with Gasteiger partial charge >= 0.3 is 5.97 Å². The predicted octanol–water partition coefficient (Wildman–Crippen LogP) is 0.172. The van der Waals surface area contributed by atoms with Crippen LogP contribution in [0.4, 0.5) is 0 Å². The second kappa shape index (κ2) is 3.21. The third-order valence-corrected chi connectivity index (χ3v) is 1.52. The van der Waals surface area contributed by atoms with Crippen LogP contribution in [0.2, 0.25) is 0 Å². The smallest absolute Gasteiger partial charge is 0.354 e. The molecule has 0 aliphatic carbocycles. The van der Waals surface area contributed by atoms with Gasteiger partial charge in [0, 0.05) is 25.4 Å². The van der Waals surface area contributed by atoms with E-state index in [4.69, 9.17) is 0 Å². The first-order valence-electron chi connectivity index (χ1n) is 3.40. The van der Waals surface area contributed by atoms with Gasteiger partial charge in [0.1, 0.15) is 5.69 Å². The molecular weight excluding hydrogens is 158 g/mol. The normalized spacial score (nSPS) is 9.50. The van der Waals surface area contributed by atoms with E-state index in [9.17, 15) is 9.59 Å². The van der Waals surface area contributed by atoms with Crippen molar-refractivity contribution >= 4 is 5.97 Å². The van der Waals surface area contributed by atoms with Crippen LogP contribution in [0.1, 0.15) is 10.5 Å². The highest BCUT2D eigenvalue weighted by Gasteiger charge is 2.07. The highest BCUT2D eigenvalue weighted by molar-refractivity contribution is 5.87. The molecule has 0 aliphatic rings. The van der Waals surface area contributed by atoms with Crippen molar-refractivity contribution in [3.63, 3.8) is 0 Å². The Bertz CT molecular complexity index is 354. The Kier molecular flexibility index (Phi) is 2.28. The summed E-state index contributed by atoms with van der Waals surface area (Å²) in [7, 11) is 2.95. The van der Waals surface area contributed by atoms with Gasteiger partial charge < -0.3 is 9.30 Å². The Morgan fingerprint density at radius 1 is 1.58 bits per heavy atom. The van der Waals surface area contributed by atoms with Gasteiger partial charge in [0.2, 0.25) is 0 Å². The highest BCUT2D eigenvalue weighted by Crippen LogP contribution is 1.95. The number of pyridine rings is 1. The van der Waals surface area contributed by atoms with E-state index in [0.29, 0.717) is 0 Å². The second-order valence-corrected chi connectivity index (χ2v) is 2.35. The maximum Gasteiger partial charge on any atom is 0.354 e. The minimum Gasteiger partial charge on any atom is -0.464 e. The third-order valence-electron chi connectivity index (χ3n) is 1.52. The van der Waals surface area contributed by atoms with Gasteiger partial charge in [-0.2, -0.15) is 0 Å². The number of rotatable bonds is 1. The summed E-state index contributed by atoms with van der Waals surface area (Å²) in [6.45, 7) is 0. The van der Waals surface area contributed by atoms with Crippen LogP contribution in [-0.2, 0) is 11.8 Å². The molecule has 1 rings (SSSR count). The van der Waals surface area contributed by atoms with Crippen molar-refractivity contribution < 1.29 is 9.53 Å². The van der Waals surface area contributed by atoms with Crippen LogP contribution < -0.4 is 5.43 Å². The fourth-order valence-electron chi connectivity index (χ4n) is 0.858. The fraction of sp³-hybridized carbons (Fsp3) is 0.250. The number of nitrogens with zero attached hydrogens (tertiary/aromatic N) is 1. The van der Waals surface area contributed by atoms with Crippen LogP contribution in [0.5, 0.6) is 0 Å². The number of hydrogen-bond acceptors (Lipinski definition) is 3. The molecule has 0 unspecified atom stereocenters. The van der Waals surface area contributed by atoms with E-state index in [1.165, 1.54) is 30.0 Å². The summed E-state index contributed by atoms with van der Waals surface area (Å²) in [5.41, 5.74) is 0.0542. The Labute approximate surface area is 69.4 Å². The minimum atomic E-state index is -0.504. The van der Waals surface area contributed by atoms with Crippen molar-refractivity contribution in [1.82, 2.24) is 4.57 Å². The van der Waals surface area contributed by atoms with Crippen LogP contribution in [0.15, 0.2) is 23.1 Å². The monoisotopic (exact) mass is 167 g/mol. The number of aryl methyl sites for hydroxylation is 1. The average molecular weight is 167 g/mol. The molecule has 1 heterocycles. The number of esters is 1. The zero-order valence-corrected chi connectivity index (χ0v) is 6.90. The van der Waals surface area contributed by atoms with E-state index in [2.05, 4.69) is 4.74 Å². The molecule has 4 nitrogen and oxygen atoms in total. The van der Waals surface area contributed by atoms with Crippen molar-refractivity contribution in [2.75, 3.05) is 7.11 Å². The van der Waals surface area contributed by atoms with E-state index >= 15 is 0 Å². The van der Waals surface area contributed by atoms with E-state index in [0.717, 1.165) is 0 Å². The number of hydrogen-bond donors (Lipinski definition) is 0. The van der Waals surface area contributed by atoms with Gasteiger partial charge in [-0.15, -0.1) is 0 Å². The van der Waals surface area contributed by atoms with Gasteiger partial charge in [0.25, 0.3) is 0 Å². The second-order valence-electron chi connectivity index (χ2n) is 2.35. The summed E-state index contributed by atoms with van der Waals surface area (Å²) in [6.07, 6.45) is 1.52. The van der Waals surface area contributed by atoms with E-state index in [1.807, 2.05) is 0 Å². The molecule has 1 aromatic rings. The zero-order chi connectivity index (χ0) is 9.14. The SMILES string of the molecule is COC(=O)c1cc(=O)ccn1C. The molecule has 12 heavy (non-hydrogen) atoms. The summed E-state index contributed by atoms with van der Waals surface area (Å²) >= 11 is 0. The molecule has 0 aliphatic heterocycles. The number of carbonyl (C=O) groups is 1. The molecule has 4 heteroatoms. The molecule has 0 saturated heterocycles. The van der Waals surface area contributed by atoms with E-state index in [-0.39, 0.29) is 11.1 Å². The maximum atomic E-state index is 11.0. The first kappa shape index (κ1) is 8.52. The minimum absolute atomic E-state index is 0.200. The van der Waals surface area contributed by atoms with Crippen LogP contribution in [0, 0.1) is 0 Å². The fourth-order valence-corrected chi connectivity index (χ4v) is 0.858. The Morgan fingerprint density at radius 3 is 2.83 bits per heavy atom. The molecule has 0 amide bonds. The molecular formula is C8H9NO3. The quantitative estimate of drug-likeness (QED) is 0.560. The number of ether oxygens (including phenoxy) is 1. The molecule has 0 saturated carbocycles. The lowest BCUT2D eigenvalue weighted by Crippen LogP contribution is -2.14. The van der Waals surface area contributed by atoms with Gasteiger partial charge in [0.05, 0.1) is 7.11 Å². The molecule has 0 aromatic carbocycles. The molecule has 0 fully saturated rings. The highest BCUT2D eigenvalue weighted by atomic mass is 16.5. The van der Waals surface area contributed by atoms with E-state index < -0.39 is 5.97 Å². The van der Waals surface area contributed by atoms with Crippen LogP contribution >= 0.6 is 0 Å². The Morgan fingerprint density at radius 2 is 2.25 bits per heavy atom. The lowest BCUT2D eigenvalue weighted by molar-refractivity contribution is 0.0588. The largest absolute Gasteiger partial charge is 0.464 e. The van der Waals surface area contributed by atoms with Gasteiger partial charge in [-0.25, -0.2) is 4.79 Å². The maximum absolute atomic E-state index is 11.0. The third kappa shape index (κ3) is 1.53. The van der Waals surface area contributed by atoms with Crippen LogP contribution in [0.3, 0.4) is 0 Å². The molecule has 0 spiro atoms. The van der Waals surface area contributed by atoms with Crippen molar-refractivity contribution in [2.24, 2.45) is 7.05 Å². The lowest BCUT2D eigenvalue weighted by atomic mass is 10.3. The van der Waals surface area contributed by atoms with Gasteiger partial charge in [0.15, 0.2) is 5.43 Å². The first-order chi connectivity index (χ1) is 5.65. The molecule has 64 valence electrons. The summed E-state index contributed by atoms with van der Waals surface area (Å²) in [5, 5.41) is 0. The standard InChI is InChI=1S/C8H9NO3/c1-9-4-3-6(10)5-7(9)8(11)12-2/h3-5H,1-2H3. The molecule has 0 N–H and O–H groups in total. The number of carbonyl (C=O) groups excluding carboxylic acids is 1. The zero-order valence-electron chi connectivity index (χ0n) is 6.90. The predicted molar refractivity (Wildman–Crippen MR) is 43.0 cm³/mol. The summed E-state index contributed by atoms with van der Waals surface area (Å²) < 4.78 is 6.01. The Hall–Kier alpha value is -1.58. The van der Waals surface area contributed by atoms with Gasteiger partial charge in [-0.3, -0.25) is 4.79 Å². The molecule has 0 atom stereocenters. The average Bonchev–Trinajstić information content (AvgIpc) is 2.08. The number of aromatic nitrogens is 1. The first-order valence-corrected chi connectivity index (χ1v) is 3.40. The van der Waals surface area contributed by atoms with Crippen molar-refractivity contribution in [1.29, 1.82) is 0 Å². The number of methoxy groups -OCH3 is 1. The summed E-state index contributed by atoms with van der Waals surface area (Å²) in [4.78, 5) is 21.8. The summed E-state index contributed by atoms with van der Waals surface area (Å²) in [5.74, 6) is -0.504. The van der Waals surface area contributed by atoms with Crippen LogP contribution in [-0.4, -0.2) is 17.6 Å². The lowest BCUT2D eigenvalue weighted by Gasteiger charge is -2.04. The Balaban J connectivity index is 3.22. The summed E-state index contributed by atoms with van der Waals surface area (Å²) in [6, 6.07) is 2.62.